The van der Waals surface area contributed by atoms with Gasteiger partial charge in [-0.2, -0.15) is 0 Å². The van der Waals surface area contributed by atoms with Crippen molar-refractivity contribution in [2.75, 3.05) is 37.5 Å². The van der Waals surface area contributed by atoms with E-state index in [1.54, 1.807) is 55.6 Å². The van der Waals surface area contributed by atoms with Crippen LogP contribution in [0.1, 0.15) is 16.8 Å². The van der Waals surface area contributed by atoms with Crippen molar-refractivity contribution in [3.8, 4) is 5.75 Å². The molecule has 2 aromatic carbocycles. The van der Waals surface area contributed by atoms with Gasteiger partial charge in [0.05, 0.1) is 31.6 Å². The number of benzene rings is 2. The van der Waals surface area contributed by atoms with Gasteiger partial charge in [-0.3, -0.25) is 9.59 Å². The van der Waals surface area contributed by atoms with Gasteiger partial charge in [-0.1, -0.05) is 18.2 Å². The summed E-state index contributed by atoms with van der Waals surface area (Å²) in [4.78, 5) is 25.0. The van der Waals surface area contributed by atoms with E-state index in [-0.39, 0.29) is 24.3 Å². The second-order valence-corrected chi connectivity index (χ2v) is 6.21. The van der Waals surface area contributed by atoms with Crippen LogP contribution in [0.25, 0.3) is 0 Å². The summed E-state index contributed by atoms with van der Waals surface area (Å²) in [6, 6.07) is 14.0. The number of rotatable bonds is 6. The Bertz CT molecular complexity index is 803. The number of amides is 2. The summed E-state index contributed by atoms with van der Waals surface area (Å²) < 4.78 is 10.5. The Hall–Kier alpha value is -2.90. The molecule has 1 atom stereocenters. The van der Waals surface area contributed by atoms with Gasteiger partial charge in [-0.25, -0.2) is 0 Å². The Balaban J connectivity index is 1.67. The van der Waals surface area contributed by atoms with E-state index in [0.717, 1.165) is 6.54 Å². The van der Waals surface area contributed by atoms with Crippen LogP contribution in [0.3, 0.4) is 0 Å². The van der Waals surface area contributed by atoms with Gasteiger partial charge < -0.3 is 25.4 Å². The number of anilines is 2. The van der Waals surface area contributed by atoms with Crippen molar-refractivity contribution >= 4 is 23.2 Å². The molecular formula is C20H23N3O4. The minimum Gasteiger partial charge on any atom is -0.497 e. The summed E-state index contributed by atoms with van der Waals surface area (Å²) in [7, 11) is 1.57. The first-order valence-electron chi connectivity index (χ1n) is 8.81. The molecule has 3 N–H and O–H groups in total. The molecule has 1 fully saturated rings. The number of para-hydroxylation sites is 1. The third-order valence-corrected chi connectivity index (χ3v) is 4.20. The monoisotopic (exact) mass is 369 g/mol. The highest BCUT2D eigenvalue weighted by molar-refractivity contribution is 6.10. The van der Waals surface area contributed by atoms with Crippen LogP contribution in [0.2, 0.25) is 0 Å². The first-order valence-corrected chi connectivity index (χ1v) is 8.81. The molecule has 3 rings (SSSR count). The third-order valence-electron chi connectivity index (χ3n) is 4.20. The van der Waals surface area contributed by atoms with Crippen molar-refractivity contribution in [1.29, 1.82) is 0 Å². The average molecular weight is 369 g/mol. The van der Waals surface area contributed by atoms with Crippen LogP contribution in [0, 0.1) is 0 Å². The molecule has 0 radical (unpaired) electrons. The van der Waals surface area contributed by atoms with Gasteiger partial charge in [0.2, 0.25) is 5.91 Å². The zero-order chi connectivity index (χ0) is 19.1. The van der Waals surface area contributed by atoms with E-state index in [1.165, 1.54) is 0 Å². The lowest BCUT2D eigenvalue weighted by atomic mass is 10.1. The second-order valence-electron chi connectivity index (χ2n) is 6.21. The van der Waals surface area contributed by atoms with Gasteiger partial charge in [0.25, 0.3) is 5.91 Å². The highest BCUT2D eigenvalue weighted by Gasteiger charge is 2.19. The first-order chi connectivity index (χ1) is 13.2. The van der Waals surface area contributed by atoms with E-state index >= 15 is 0 Å². The number of carbonyl (C=O) groups is 2. The van der Waals surface area contributed by atoms with Crippen LogP contribution < -0.4 is 20.7 Å². The van der Waals surface area contributed by atoms with Crippen LogP contribution in [0.15, 0.2) is 48.5 Å². The zero-order valence-corrected chi connectivity index (χ0v) is 15.2. The fourth-order valence-corrected chi connectivity index (χ4v) is 2.87. The molecule has 7 nitrogen and oxygen atoms in total. The number of ether oxygens (including phenoxy) is 2. The molecule has 0 saturated carbocycles. The van der Waals surface area contributed by atoms with Gasteiger partial charge in [0.1, 0.15) is 5.75 Å². The number of carbonyl (C=O) groups excluding carboxylic acids is 2. The Morgan fingerprint density at radius 2 is 2.04 bits per heavy atom. The smallest absolute Gasteiger partial charge is 0.257 e. The molecule has 1 heterocycles. The van der Waals surface area contributed by atoms with Crippen LogP contribution in [0.5, 0.6) is 5.75 Å². The number of morpholine rings is 1. The molecule has 27 heavy (non-hydrogen) atoms. The molecule has 1 aliphatic rings. The quantitative estimate of drug-likeness (QED) is 0.727. The Morgan fingerprint density at radius 1 is 1.19 bits per heavy atom. The molecule has 1 aliphatic heterocycles. The maximum Gasteiger partial charge on any atom is 0.257 e. The number of hydrogen-bond donors (Lipinski definition) is 3. The van der Waals surface area contributed by atoms with E-state index in [1.807, 2.05) is 0 Å². The normalized spacial score (nSPS) is 16.4. The molecule has 2 aromatic rings. The largest absolute Gasteiger partial charge is 0.497 e. The maximum absolute atomic E-state index is 12.7. The Morgan fingerprint density at radius 3 is 2.81 bits per heavy atom. The summed E-state index contributed by atoms with van der Waals surface area (Å²) >= 11 is 0. The Labute approximate surface area is 158 Å². The van der Waals surface area contributed by atoms with Crippen LogP contribution in [-0.4, -0.2) is 44.7 Å². The second kappa shape index (κ2) is 9.16. The first kappa shape index (κ1) is 18.9. The van der Waals surface area contributed by atoms with E-state index in [9.17, 15) is 9.59 Å². The summed E-state index contributed by atoms with van der Waals surface area (Å²) in [5, 5.41) is 8.89. The molecule has 1 saturated heterocycles. The van der Waals surface area contributed by atoms with E-state index in [2.05, 4.69) is 16.0 Å². The summed E-state index contributed by atoms with van der Waals surface area (Å²) in [6.45, 7) is 1.90. The third kappa shape index (κ3) is 5.29. The minimum atomic E-state index is -0.307. The van der Waals surface area contributed by atoms with Crippen LogP contribution >= 0.6 is 0 Å². The summed E-state index contributed by atoms with van der Waals surface area (Å²) in [5.74, 6) is 0.175. The summed E-state index contributed by atoms with van der Waals surface area (Å²) in [5.41, 5.74) is 1.48. The fourth-order valence-electron chi connectivity index (χ4n) is 2.87. The number of hydrogen-bond acceptors (Lipinski definition) is 5. The molecule has 0 aliphatic carbocycles. The molecule has 142 valence electrons. The predicted octanol–water partition coefficient (Wildman–Crippen LogP) is 2.26. The van der Waals surface area contributed by atoms with Crippen molar-refractivity contribution in [3.63, 3.8) is 0 Å². The zero-order valence-electron chi connectivity index (χ0n) is 15.2. The lowest BCUT2D eigenvalue weighted by Gasteiger charge is -2.23. The number of methoxy groups -OCH3 is 1. The van der Waals surface area contributed by atoms with Gasteiger partial charge >= 0.3 is 0 Å². The molecule has 0 bridgehead atoms. The van der Waals surface area contributed by atoms with E-state index < -0.39 is 0 Å². The maximum atomic E-state index is 12.7. The molecule has 0 aromatic heterocycles. The van der Waals surface area contributed by atoms with Crippen molar-refractivity contribution in [2.45, 2.75) is 12.5 Å². The van der Waals surface area contributed by atoms with Crippen molar-refractivity contribution in [1.82, 2.24) is 5.32 Å². The van der Waals surface area contributed by atoms with Crippen molar-refractivity contribution < 1.29 is 19.1 Å². The van der Waals surface area contributed by atoms with Crippen molar-refractivity contribution in [2.24, 2.45) is 0 Å². The molecule has 7 heteroatoms. The molecule has 0 spiro atoms. The van der Waals surface area contributed by atoms with Gasteiger partial charge in [0.15, 0.2) is 0 Å². The lowest BCUT2D eigenvalue weighted by molar-refractivity contribution is -0.117. The number of nitrogens with one attached hydrogen (secondary N) is 3. The predicted molar refractivity (Wildman–Crippen MR) is 103 cm³/mol. The Kier molecular flexibility index (Phi) is 6.40. The highest BCUT2D eigenvalue weighted by atomic mass is 16.5. The van der Waals surface area contributed by atoms with Gasteiger partial charge in [-0.15, -0.1) is 0 Å². The minimum absolute atomic E-state index is 0.0171. The topological polar surface area (TPSA) is 88.7 Å². The lowest BCUT2D eigenvalue weighted by Crippen LogP contribution is -2.43. The molecule has 2 amide bonds. The van der Waals surface area contributed by atoms with E-state index in [4.69, 9.17) is 9.47 Å². The summed E-state index contributed by atoms with van der Waals surface area (Å²) in [6.07, 6.45) is 0.284. The van der Waals surface area contributed by atoms with Gasteiger partial charge in [-0.05, 0) is 24.3 Å². The SMILES string of the molecule is COc1cccc(NC(=O)c2ccccc2NC(=O)CC2COCCN2)c1. The molecule has 1 unspecified atom stereocenters. The van der Waals surface area contributed by atoms with Gasteiger partial charge in [0, 0.05) is 30.8 Å². The average Bonchev–Trinajstić information content (AvgIpc) is 2.69. The highest BCUT2D eigenvalue weighted by Crippen LogP contribution is 2.20. The standard InChI is InChI=1S/C20H23N3O4/c1-26-16-6-4-5-14(11-16)22-20(25)17-7-2-3-8-18(17)23-19(24)12-15-13-27-10-9-21-15/h2-8,11,15,21H,9-10,12-13H2,1H3,(H,22,25)(H,23,24). The van der Waals surface area contributed by atoms with Crippen molar-refractivity contribution in [3.05, 3.63) is 54.1 Å². The van der Waals surface area contributed by atoms with E-state index in [0.29, 0.717) is 35.9 Å². The van der Waals surface area contributed by atoms with Crippen LogP contribution in [0.4, 0.5) is 11.4 Å². The van der Waals surface area contributed by atoms with Crippen LogP contribution in [-0.2, 0) is 9.53 Å². The fraction of sp³-hybridized carbons (Fsp3) is 0.300. The molecular weight excluding hydrogens is 346 g/mol.